The van der Waals surface area contributed by atoms with Crippen LogP contribution in [0, 0.1) is 0 Å². The number of pyridine rings is 1. The van der Waals surface area contributed by atoms with Crippen LogP contribution >= 0.6 is 11.8 Å². The highest BCUT2D eigenvalue weighted by atomic mass is 32.2. The van der Waals surface area contributed by atoms with Gasteiger partial charge in [0.2, 0.25) is 0 Å². The lowest BCUT2D eigenvalue weighted by Crippen LogP contribution is -2.17. The quantitative estimate of drug-likeness (QED) is 0.716. The number of carboxylic acids is 1. The molecule has 1 heterocycles. The largest absolute Gasteiger partial charge is 0.478 e. The van der Waals surface area contributed by atoms with Crippen LogP contribution in [0.1, 0.15) is 17.3 Å². The van der Waals surface area contributed by atoms with Crippen LogP contribution in [0.2, 0.25) is 0 Å². The first-order chi connectivity index (χ1) is 8.13. The zero-order chi connectivity index (χ0) is 12.7. The van der Waals surface area contributed by atoms with E-state index in [1.54, 1.807) is 0 Å². The number of aliphatic hydroxyl groups is 1. The van der Waals surface area contributed by atoms with Gasteiger partial charge in [-0.2, -0.15) is 0 Å². The number of hydrogen-bond acceptors (Lipinski definition) is 5. The predicted molar refractivity (Wildman–Crippen MR) is 64.4 cm³/mol. The molecule has 5 nitrogen and oxygen atoms in total. The molecule has 6 heteroatoms. The first kappa shape index (κ1) is 14.0. The zero-order valence-electron chi connectivity index (χ0n) is 9.50. The molecule has 1 aromatic heterocycles. The van der Waals surface area contributed by atoms with Gasteiger partial charge in [-0.25, -0.2) is 9.78 Å². The second kappa shape index (κ2) is 7.26. The molecule has 2 N–H and O–H groups in total. The van der Waals surface area contributed by atoms with Crippen molar-refractivity contribution in [3.63, 3.8) is 0 Å². The maximum Gasteiger partial charge on any atom is 0.335 e. The average Bonchev–Trinajstić information content (AvgIpc) is 2.34. The highest BCUT2D eigenvalue weighted by molar-refractivity contribution is 7.99. The molecular formula is C11H15NO4S. The van der Waals surface area contributed by atoms with Crippen LogP contribution in [0.25, 0.3) is 0 Å². The average molecular weight is 257 g/mol. The first-order valence-corrected chi connectivity index (χ1v) is 6.20. The molecule has 0 bridgehead atoms. The van der Waals surface area contributed by atoms with Gasteiger partial charge in [0.1, 0.15) is 0 Å². The summed E-state index contributed by atoms with van der Waals surface area (Å²) in [5, 5.41) is 18.9. The van der Waals surface area contributed by atoms with Crippen molar-refractivity contribution in [2.75, 3.05) is 19.0 Å². The van der Waals surface area contributed by atoms with Crippen LogP contribution in [-0.4, -0.2) is 46.2 Å². The van der Waals surface area contributed by atoms with E-state index in [0.29, 0.717) is 17.4 Å². The summed E-state index contributed by atoms with van der Waals surface area (Å²) < 4.78 is 5.07. The number of rotatable bonds is 7. The Balaban J connectivity index is 2.46. The molecule has 1 unspecified atom stereocenters. The SMILES string of the molecule is CCOCC(O)CSc1cc(C(=O)O)ccn1. The van der Waals surface area contributed by atoms with Gasteiger partial charge in [-0.3, -0.25) is 0 Å². The van der Waals surface area contributed by atoms with Crippen LogP contribution in [0.5, 0.6) is 0 Å². The second-order valence-corrected chi connectivity index (χ2v) is 4.35. The lowest BCUT2D eigenvalue weighted by Gasteiger charge is -2.09. The van der Waals surface area contributed by atoms with E-state index in [1.165, 1.54) is 30.1 Å². The van der Waals surface area contributed by atoms with Crippen LogP contribution in [0.3, 0.4) is 0 Å². The minimum Gasteiger partial charge on any atom is -0.478 e. The van der Waals surface area contributed by atoms with Gasteiger partial charge >= 0.3 is 5.97 Å². The topological polar surface area (TPSA) is 79.7 Å². The Labute approximate surface area is 104 Å². The summed E-state index contributed by atoms with van der Waals surface area (Å²) in [6.45, 7) is 2.70. The van der Waals surface area contributed by atoms with Gasteiger partial charge in [-0.1, -0.05) is 0 Å². The molecule has 0 aliphatic rings. The molecule has 0 radical (unpaired) electrons. The fraction of sp³-hybridized carbons (Fsp3) is 0.455. The number of carbonyl (C=O) groups is 1. The van der Waals surface area contributed by atoms with E-state index in [4.69, 9.17) is 9.84 Å². The van der Waals surface area contributed by atoms with Crippen molar-refractivity contribution in [1.29, 1.82) is 0 Å². The zero-order valence-corrected chi connectivity index (χ0v) is 10.3. The molecular weight excluding hydrogens is 242 g/mol. The van der Waals surface area contributed by atoms with Gasteiger partial charge in [0.25, 0.3) is 0 Å². The lowest BCUT2D eigenvalue weighted by molar-refractivity contribution is 0.0551. The predicted octanol–water partition coefficient (Wildman–Crippen LogP) is 1.27. The van der Waals surface area contributed by atoms with E-state index in [1.807, 2.05) is 6.92 Å². The number of carboxylic acid groups (broad SMARTS) is 1. The standard InChI is InChI=1S/C11H15NO4S/c1-2-16-6-9(13)7-17-10-5-8(11(14)15)3-4-12-10/h3-5,9,13H,2,6-7H2,1H3,(H,14,15). The molecule has 1 aromatic rings. The smallest absolute Gasteiger partial charge is 0.335 e. The molecule has 1 rings (SSSR count). The molecule has 0 amide bonds. The Kier molecular flexibility index (Phi) is 5.96. The summed E-state index contributed by atoms with van der Waals surface area (Å²) in [5.74, 6) is -0.556. The van der Waals surface area contributed by atoms with E-state index in [2.05, 4.69) is 4.98 Å². The van der Waals surface area contributed by atoms with Crippen molar-refractivity contribution < 1.29 is 19.7 Å². The highest BCUT2D eigenvalue weighted by Crippen LogP contribution is 2.17. The molecule has 0 aliphatic carbocycles. The van der Waals surface area contributed by atoms with Crippen LogP contribution in [0.15, 0.2) is 23.4 Å². The molecule has 94 valence electrons. The monoisotopic (exact) mass is 257 g/mol. The normalized spacial score (nSPS) is 12.4. The number of aromatic nitrogens is 1. The van der Waals surface area contributed by atoms with Gasteiger partial charge < -0.3 is 14.9 Å². The molecule has 1 atom stereocenters. The molecule has 0 aliphatic heterocycles. The van der Waals surface area contributed by atoms with Crippen LogP contribution < -0.4 is 0 Å². The maximum atomic E-state index is 10.7. The minimum absolute atomic E-state index is 0.196. The van der Waals surface area contributed by atoms with Crippen molar-refractivity contribution >= 4 is 17.7 Å². The number of thioether (sulfide) groups is 1. The number of hydrogen-bond donors (Lipinski definition) is 2. The Morgan fingerprint density at radius 3 is 3.06 bits per heavy atom. The van der Waals surface area contributed by atoms with Crippen LogP contribution in [-0.2, 0) is 4.74 Å². The van der Waals surface area contributed by atoms with Gasteiger partial charge in [-0.05, 0) is 19.1 Å². The Hall–Kier alpha value is -1.11. The Morgan fingerprint density at radius 1 is 1.65 bits per heavy atom. The number of aliphatic hydroxyl groups excluding tert-OH is 1. The number of nitrogens with zero attached hydrogens (tertiary/aromatic N) is 1. The lowest BCUT2D eigenvalue weighted by atomic mass is 10.3. The fourth-order valence-corrected chi connectivity index (χ4v) is 1.91. The summed E-state index contributed by atoms with van der Waals surface area (Å²) in [5.41, 5.74) is 0.196. The van der Waals surface area contributed by atoms with E-state index >= 15 is 0 Å². The fourth-order valence-electron chi connectivity index (χ4n) is 1.10. The third-order valence-electron chi connectivity index (χ3n) is 1.92. The summed E-state index contributed by atoms with van der Waals surface area (Å²) in [6, 6.07) is 2.92. The van der Waals surface area contributed by atoms with Crippen molar-refractivity contribution in [2.45, 2.75) is 18.1 Å². The van der Waals surface area contributed by atoms with Crippen LogP contribution in [0.4, 0.5) is 0 Å². The molecule has 0 saturated heterocycles. The van der Waals surface area contributed by atoms with E-state index in [9.17, 15) is 9.90 Å². The number of ether oxygens (including phenoxy) is 1. The molecule has 0 fully saturated rings. The van der Waals surface area contributed by atoms with Crippen molar-refractivity contribution in [2.24, 2.45) is 0 Å². The summed E-state index contributed by atoms with van der Waals surface area (Å²) in [4.78, 5) is 14.7. The summed E-state index contributed by atoms with van der Waals surface area (Å²) >= 11 is 1.31. The molecule has 0 spiro atoms. The van der Waals surface area contributed by atoms with E-state index < -0.39 is 12.1 Å². The first-order valence-electron chi connectivity index (χ1n) is 5.21. The molecule has 0 saturated carbocycles. The summed E-state index contributed by atoms with van der Waals surface area (Å²) in [7, 11) is 0. The minimum atomic E-state index is -0.982. The molecule has 0 aromatic carbocycles. The maximum absolute atomic E-state index is 10.7. The second-order valence-electron chi connectivity index (χ2n) is 3.31. The Bertz CT molecular complexity index is 372. The van der Waals surface area contributed by atoms with Crippen molar-refractivity contribution in [1.82, 2.24) is 4.98 Å². The van der Waals surface area contributed by atoms with Gasteiger partial charge in [-0.15, -0.1) is 11.8 Å². The van der Waals surface area contributed by atoms with Gasteiger partial charge in [0.05, 0.1) is 23.3 Å². The third kappa shape index (κ3) is 5.16. The van der Waals surface area contributed by atoms with Gasteiger partial charge in [0.15, 0.2) is 0 Å². The third-order valence-corrected chi connectivity index (χ3v) is 2.99. The number of aromatic carboxylic acids is 1. The van der Waals surface area contributed by atoms with E-state index in [-0.39, 0.29) is 12.2 Å². The highest BCUT2D eigenvalue weighted by Gasteiger charge is 2.08. The molecule has 17 heavy (non-hydrogen) atoms. The van der Waals surface area contributed by atoms with Crippen molar-refractivity contribution in [3.05, 3.63) is 23.9 Å². The summed E-state index contributed by atoms with van der Waals surface area (Å²) in [6.07, 6.45) is 0.871. The van der Waals surface area contributed by atoms with Crippen molar-refractivity contribution in [3.8, 4) is 0 Å². The Morgan fingerprint density at radius 2 is 2.41 bits per heavy atom. The van der Waals surface area contributed by atoms with E-state index in [0.717, 1.165) is 0 Å². The van der Waals surface area contributed by atoms with Gasteiger partial charge in [0, 0.05) is 18.6 Å².